The van der Waals surface area contributed by atoms with Gasteiger partial charge in [-0.1, -0.05) is 13.3 Å². The molecule has 1 N–H and O–H groups in total. The number of likely N-dealkylation sites (N-methyl/N-ethyl adjacent to an activating group) is 2. The summed E-state index contributed by atoms with van der Waals surface area (Å²) in [7, 11) is 8.70. The molecule has 1 rings (SSSR count). The van der Waals surface area contributed by atoms with Crippen molar-refractivity contribution in [3.8, 4) is 0 Å². The zero-order valence-corrected chi connectivity index (χ0v) is 13.1. The SMILES string of the molecule is CCC1CCC(NC)C(CN(C)CCN(C)C)C1. The van der Waals surface area contributed by atoms with Gasteiger partial charge in [0.1, 0.15) is 0 Å². The maximum absolute atomic E-state index is 3.53. The van der Waals surface area contributed by atoms with Gasteiger partial charge in [-0.3, -0.25) is 0 Å². The van der Waals surface area contributed by atoms with E-state index in [1.54, 1.807) is 0 Å². The molecule has 1 aliphatic carbocycles. The molecule has 1 saturated carbocycles. The highest BCUT2D eigenvalue weighted by molar-refractivity contribution is 4.85. The van der Waals surface area contributed by atoms with Gasteiger partial charge in [0.15, 0.2) is 0 Å². The lowest BCUT2D eigenvalue weighted by atomic mass is 9.76. The van der Waals surface area contributed by atoms with Crippen LogP contribution in [0, 0.1) is 11.8 Å². The number of nitrogens with zero attached hydrogens (tertiary/aromatic N) is 2. The van der Waals surface area contributed by atoms with Gasteiger partial charge in [0.2, 0.25) is 0 Å². The summed E-state index contributed by atoms with van der Waals surface area (Å²) in [6, 6.07) is 0.731. The summed E-state index contributed by atoms with van der Waals surface area (Å²) in [5.74, 6) is 1.79. The van der Waals surface area contributed by atoms with Crippen molar-refractivity contribution >= 4 is 0 Å². The van der Waals surface area contributed by atoms with Crippen LogP contribution in [0.3, 0.4) is 0 Å². The fourth-order valence-corrected chi connectivity index (χ4v) is 3.18. The van der Waals surface area contributed by atoms with Crippen LogP contribution in [0.1, 0.15) is 32.6 Å². The smallest absolute Gasteiger partial charge is 0.0106 e. The molecule has 0 spiro atoms. The van der Waals surface area contributed by atoms with Crippen LogP contribution in [-0.2, 0) is 0 Å². The molecule has 3 atom stereocenters. The zero-order chi connectivity index (χ0) is 13.5. The van der Waals surface area contributed by atoms with Crippen LogP contribution in [0.5, 0.6) is 0 Å². The van der Waals surface area contributed by atoms with Gasteiger partial charge < -0.3 is 15.1 Å². The largest absolute Gasteiger partial charge is 0.317 e. The minimum absolute atomic E-state index is 0.731. The molecule has 18 heavy (non-hydrogen) atoms. The standard InChI is InChI=1S/C15H33N3/c1-6-13-7-8-15(16-2)14(11-13)12-18(5)10-9-17(3)4/h13-16H,6-12H2,1-5H3. The normalized spacial score (nSPS) is 29.2. The Hall–Kier alpha value is -0.120. The molecule has 0 aromatic carbocycles. The van der Waals surface area contributed by atoms with E-state index < -0.39 is 0 Å². The Balaban J connectivity index is 2.40. The van der Waals surface area contributed by atoms with Crippen LogP contribution in [0.25, 0.3) is 0 Å². The van der Waals surface area contributed by atoms with Gasteiger partial charge >= 0.3 is 0 Å². The maximum atomic E-state index is 3.53. The Labute approximate surface area is 114 Å². The van der Waals surface area contributed by atoms with Crippen LogP contribution in [0.4, 0.5) is 0 Å². The molecule has 0 heterocycles. The summed E-state index contributed by atoms with van der Waals surface area (Å²) in [5, 5.41) is 3.53. The van der Waals surface area contributed by atoms with Crippen molar-refractivity contribution in [2.45, 2.75) is 38.6 Å². The van der Waals surface area contributed by atoms with Gasteiger partial charge in [0.25, 0.3) is 0 Å². The van der Waals surface area contributed by atoms with Crippen molar-refractivity contribution in [3.05, 3.63) is 0 Å². The van der Waals surface area contributed by atoms with Crippen molar-refractivity contribution in [3.63, 3.8) is 0 Å². The van der Waals surface area contributed by atoms with E-state index in [4.69, 9.17) is 0 Å². The number of hydrogen-bond donors (Lipinski definition) is 1. The topological polar surface area (TPSA) is 18.5 Å². The van der Waals surface area contributed by atoms with Crippen LogP contribution in [-0.4, -0.2) is 63.7 Å². The average molecular weight is 255 g/mol. The Morgan fingerprint density at radius 1 is 1.11 bits per heavy atom. The highest BCUT2D eigenvalue weighted by Crippen LogP contribution is 2.31. The van der Waals surface area contributed by atoms with E-state index in [-0.39, 0.29) is 0 Å². The molecule has 0 amide bonds. The predicted molar refractivity (Wildman–Crippen MR) is 80.0 cm³/mol. The molecular weight excluding hydrogens is 222 g/mol. The quantitative estimate of drug-likeness (QED) is 0.749. The van der Waals surface area contributed by atoms with Gasteiger partial charge in [0.05, 0.1) is 0 Å². The zero-order valence-electron chi connectivity index (χ0n) is 13.1. The maximum Gasteiger partial charge on any atom is 0.0106 e. The van der Waals surface area contributed by atoms with Gasteiger partial charge in [0, 0.05) is 25.7 Å². The molecule has 3 nitrogen and oxygen atoms in total. The van der Waals surface area contributed by atoms with Gasteiger partial charge in [-0.2, -0.15) is 0 Å². The summed E-state index contributed by atoms with van der Waals surface area (Å²) in [4.78, 5) is 4.77. The first-order chi connectivity index (χ1) is 8.56. The molecule has 0 bridgehead atoms. The summed E-state index contributed by atoms with van der Waals surface area (Å²) >= 11 is 0. The summed E-state index contributed by atoms with van der Waals surface area (Å²) in [5.41, 5.74) is 0. The molecule has 3 unspecified atom stereocenters. The van der Waals surface area contributed by atoms with Crippen LogP contribution in [0.2, 0.25) is 0 Å². The monoisotopic (exact) mass is 255 g/mol. The minimum Gasteiger partial charge on any atom is -0.317 e. The predicted octanol–water partition coefficient (Wildman–Crippen LogP) is 1.89. The van der Waals surface area contributed by atoms with E-state index >= 15 is 0 Å². The second-order valence-corrected chi connectivity index (χ2v) is 6.31. The van der Waals surface area contributed by atoms with E-state index in [9.17, 15) is 0 Å². The lowest BCUT2D eigenvalue weighted by Gasteiger charge is -2.38. The third-order valence-electron chi connectivity index (χ3n) is 4.51. The van der Waals surface area contributed by atoms with Crippen molar-refractivity contribution in [1.29, 1.82) is 0 Å². The van der Waals surface area contributed by atoms with Crippen molar-refractivity contribution in [2.24, 2.45) is 11.8 Å². The third kappa shape index (κ3) is 5.25. The molecule has 3 heteroatoms. The summed E-state index contributed by atoms with van der Waals surface area (Å²) in [6.45, 7) is 5.93. The third-order valence-corrected chi connectivity index (χ3v) is 4.51. The number of nitrogens with one attached hydrogen (secondary N) is 1. The van der Waals surface area contributed by atoms with Crippen molar-refractivity contribution in [1.82, 2.24) is 15.1 Å². The van der Waals surface area contributed by atoms with Gasteiger partial charge in [-0.05, 0) is 59.3 Å². The Morgan fingerprint density at radius 3 is 2.39 bits per heavy atom. The molecule has 1 aliphatic rings. The van der Waals surface area contributed by atoms with Crippen LogP contribution in [0.15, 0.2) is 0 Å². The lowest BCUT2D eigenvalue weighted by Crippen LogP contribution is -2.44. The minimum atomic E-state index is 0.731. The van der Waals surface area contributed by atoms with Crippen LogP contribution >= 0.6 is 0 Å². The van der Waals surface area contributed by atoms with Crippen LogP contribution < -0.4 is 5.32 Å². The summed E-state index contributed by atoms with van der Waals surface area (Å²) < 4.78 is 0. The fourth-order valence-electron chi connectivity index (χ4n) is 3.18. The fraction of sp³-hybridized carbons (Fsp3) is 1.00. The number of hydrogen-bond acceptors (Lipinski definition) is 3. The first-order valence-electron chi connectivity index (χ1n) is 7.57. The second-order valence-electron chi connectivity index (χ2n) is 6.31. The number of rotatable bonds is 7. The highest BCUT2D eigenvalue weighted by Gasteiger charge is 2.29. The van der Waals surface area contributed by atoms with Crippen molar-refractivity contribution in [2.75, 3.05) is 47.8 Å². The van der Waals surface area contributed by atoms with E-state index in [0.717, 1.165) is 24.4 Å². The first-order valence-corrected chi connectivity index (χ1v) is 7.57. The van der Waals surface area contributed by atoms with E-state index in [1.165, 1.54) is 38.8 Å². The molecular formula is C15H33N3. The van der Waals surface area contributed by atoms with Crippen molar-refractivity contribution < 1.29 is 0 Å². The highest BCUT2D eigenvalue weighted by atomic mass is 15.2. The first kappa shape index (κ1) is 15.9. The molecule has 0 aromatic rings. The van der Waals surface area contributed by atoms with Gasteiger partial charge in [-0.15, -0.1) is 0 Å². The molecule has 0 aliphatic heterocycles. The Morgan fingerprint density at radius 2 is 1.83 bits per heavy atom. The Kier molecular flexibility index (Phi) is 7.20. The molecule has 0 saturated heterocycles. The van der Waals surface area contributed by atoms with E-state index in [1.807, 2.05) is 0 Å². The lowest BCUT2D eigenvalue weighted by molar-refractivity contribution is 0.151. The molecule has 1 fully saturated rings. The molecule has 108 valence electrons. The average Bonchev–Trinajstić information content (AvgIpc) is 2.36. The van der Waals surface area contributed by atoms with E-state index in [2.05, 4.69) is 50.2 Å². The Bertz CT molecular complexity index is 218. The second kappa shape index (κ2) is 8.13. The van der Waals surface area contributed by atoms with Gasteiger partial charge in [-0.25, -0.2) is 0 Å². The molecule has 0 radical (unpaired) electrons. The molecule has 0 aromatic heterocycles. The van der Waals surface area contributed by atoms with E-state index in [0.29, 0.717) is 0 Å². The summed E-state index contributed by atoms with van der Waals surface area (Å²) in [6.07, 6.45) is 5.55.